The predicted octanol–water partition coefficient (Wildman–Crippen LogP) is -0.276. The van der Waals surface area contributed by atoms with Crippen LogP contribution >= 0.6 is 0 Å². The normalized spacial score (nSPS) is 12.1. The van der Waals surface area contributed by atoms with Gasteiger partial charge in [0.2, 0.25) is 5.91 Å². The Morgan fingerprint density at radius 2 is 1.80 bits per heavy atom. The highest BCUT2D eigenvalue weighted by Crippen LogP contribution is 2.19. The molecule has 20 heavy (non-hydrogen) atoms. The standard InChI is InChI=1S/C13H21N5O2/c1-8(2)9-3-5-10(6-4-9)18(16)13(20)11(14)7-12(19)17-15/h3-6,8,11H,7,14-16H2,1-2H3,(H,17,19)/t11-/m0/s1. The summed E-state index contributed by atoms with van der Waals surface area (Å²) < 4.78 is 0. The van der Waals surface area contributed by atoms with E-state index in [4.69, 9.17) is 17.4 Å². The van der Waals surface area contributed by atoms with E-state index in [0.717, 1.165) is 10.6 Å². The quantitative estimate of drug-likeness (QED) is 0.335. The lowest BCUT2D eigenvalue weighted by molar-refractivity contribution is -0.126. The van der Waals surface area contributed by atoms with Gasteiger partial charge in [-0.1, -0.05) is 26.0 Å². The van der Waals surface area contributed by atoms with E-state index < -0.39 is 17.9 Å². The van der Waals surface area contributed by atoms with Gasteiger partial charge < -0.3 is 5.73 Å². The fraction of sp³-hybridized carbons (Fsp3) is 0.385. The third kappa shape index (κ3) is 4.02. The fourth-order valence-electron chi connectivity index (χ4n) is 1.67. The molecule has 1 aromatic carbocycles. The molecule has 7 N–H and O–H groups in total. The van der Waals surface area contributed by atoms with Crippen molar-refractivity contribution in [3.8, 4) is 0 Å². The van der Waals surface area contributed by atoms with Gasteiger partial charge in [0, 0.05) is 0 Å². The third-order valence-corrected chi connectivity index (χ3v) is 2.96. The van der Waals surface area contributed by atoms with Crippen LogP contribution in [0.15, 0.2) is 24.3 Å². The van der Waals surface area contributed by atoms with Gasteiger partial charge in [-0.25, -0.2) is 16.7 Å². The monoisotopic (exact) mass is 279 g/mol. The van der Waals surface area contributed by atoms with Crippen molar-refractivity contribution in [2.24, 2.45) is 17.4 Å². The zero-order valence-electron chi connectivity index (χ0n) is 11.7. The van der Waals surface area contributed by atoms with Crippen molar-refractivity contribution in [1.29, 1.82) is 0 Å². The number of carbonyl (C=O) groups is 2. The number of hydrogen-bond acceptors (Lipinski definition) is 5. The molecule has 7 nitrogen and oxygen atoms in total. The first kappa shape index (κ1) is 16.1. The number of hydrogen-bond donors (Lipinski definition) is 4. The zero-order valence-corrected chi connectivity index (χ0v) is 11.7. The molecule has 0 saturated carbocycles. The molecular weight excluding hydrogens is 258 g/mol. The van der Waals surface area contributed by atoms with Crippen molar-refractivity contribution in [2.75, 3.05) is 5.01 Å². The van der Waals surface area contributed by atoms with Gasteiger partial charge in [0.15, 0.2) is 0 Å². The molecule has 0 aliphatic rings. The van der Waals surface area contributed by atoms with Crippen LogP contribution in [0.2, 0.25) is 0 Å². The number of rotatable bonds is 5. The van der Waals surface area contributed by atoms with Crippen molar-refractivity contribution in [3.63, 3.8) is 0 Å². The van der Waals surface area contributed by atoms with Crippen LogP contribution in [-0.2, 0) is 9.59 Å². The topological polar surface area (TPSA) is 127 Å². The van der Waals surface area contributed by atoms with E-state index in [0.29, 0.717) is 11.6 Å². The van der Waals surface area contributed by atoms with Crippen molar-refractivity contribution < 1.29 is 9.59 Å². The smallest absolute Gasteiger partial charge is 0.258 e. The van der Waals surface area contributed by atoms with Crippen LogP contribution < -0.4 is 27.9 Å². The van der Waals surface area contributed by atoms with E-state index >= 15 is 0 Å². The Balaban J connectivity index is 2.75. The number of carbonyl (C=O) groups excluding carboxylic acids is 2. The van der Waals surface area contributed by atoms with E-state index in [2.05, 4.69) is 13.8 Å². The number of anilines is 1. The Kier molecular flexibility index (Phi) is 5.63. The van der Waals surface area contributed by atoms with Gasteiger partial charge in [0.25, 0.3) is 5.91 Å². The summed E-state index contributed by atoms with van der Waals surface area (Å²) >= 11 is 0. The number of nitrogens with two attached hydrogens (primary N) is 3. The molecule has 0 aliphatic heterocycles. The van der Waals surface area contributed by atoms with Crippen LogP contribution in [-0.4, -0.2) is 17.9 Å². The van der Waals surface area contributed by atoms with Gasteiger partial charge in [0.05, 0.1) is 18.2 Å². The molecule has 0 spiro atoms. The Morgan fingerprint density at radius 3 is 2.25 bits per heavy atom. The van der Waals surface area contributed by atoms with Crippen molar-refractivity contribution in [2.45, 2.75) is 32.2 Å². The molecule has 0 unspecified atom stereocenters. The van der Waals surface area contributed by atoms with E-state index in [9.17, 15) is 9.59 Å². The molecule has 1 rings (SSSR count). The molecule has 0 heterocycles. The predicted molar refractivity (Wildman–Crippen MR) is 77.1 cm³/mol. The van der Waals surface area contributed by atoms with Crippen LogP contribution in [0.5, 0.6) is 0 Å². The highest BCUT2D eigenvalue weighted by atomic mass is 16.2. The van der Waals surface area contributed by atoms with E-state index in [1.165, 1.54) is 0 Å². The summed E-state index contributed by atoms with van der Waals surface area (Å²) in [6, 6.07) is 6.23. The molecule has 2 amide bonds. The zero-order chi connectivity index (χ0) is 15.3. The van der Waals surface area contributed by atoms with Crippen LogP contribution in [0.3, 0.4) is 0 Å². The van der Waals surface area contributed by atoms with Gasteiger partial charge in [-0.3, -0.25) is 15.0 Å². The second-order valence-corrected chi connectivity index (χ2v) is 4.83. The summed E-state index contributed by atoms with van der Waals surface area (Å²) in [5.41, 5.74) is 9.20. The summed E-state index contributed by atoms with van der Waals surface area (Å²) in [6.07, 6.45) is -0.215. The number of amides is 2. The largest absolute Gasteiger partial charge is 0.319 e. The van der Waals surface area contributed by atoms with Crippen molar-refractivity contribution in [1.82, 2.24) is 5.43 Å². The molecular formula is C13H21N5O2. The Bertz CT molecular complexity index is 472. The fourth-order valence-corrected chi connectivity index (χ4v) is 1.67. The highest BCUT2D eigenvalue weighted by Gasteiger charge is 2.22. The Labute approximate surface area is 118 Å². The summed E-state index contributed by atoms with van der Waals surface area (Å²) in [5.74, 6) is 9.99. The first-order valence-electron chi connectivity index (χ1n) is 6.30. The molecule has 1 aromatic rings. The number of hydrazine groups is 2. The summed E-state index contributed by atoms with van der Waals surface area (Å²) in [5, 5.41) is 0.943. The van der Waals surface area contributed by atoms with Gasteiger partial charge >= 0.3 is 0 Å². The van der Waals surface area contributed by atoms with Crippen LogP contribution in [0.1, 0.15) is 31.7 Å². The molecule has 7 heteroatoms. The van der Waals surface area contributed by atoms with Crippen molar-refractivity contribution in [3.05, 3.63) is 29.8 Å². The lowest BCUT2D eigenvalue weighted by Crippen LogP contribution is -2.50. The first-order chi connectivity index (χ1) is 9.36. The van der Waals surface area contributed by atoms with Crippen LogP contribution in [0.25, 0.3) is 0 Å². The van der Waals surface area contributed by atoms with Gasteiger partial charge in [-0.05, 0) is 23.6 Å². The van der Waals surface area contributed by atoms with Crippen LogP contribution in [0, 0.1) is 0 Å². The number of nitrogens with zero attached hydrogens (tertiary/aromatic N) is 1. The van der Waals surface area contributed by atoms with Gasteiger partial charge in [0.1, 0.15) is 0 Å². The average Bonchev–Trinajstić information content (AvgIpc) is 2.45. The maximum Gasteiger partial charge on any atom is 0.258 e. The molecule has 0 radical (unpaired) electrons. The first-order valence-corrected chi connectivity index (χ1v) is 6.30. The summed E-state index contributed by atoms with van der Waals surface area (Å²) in [4.78, 5) is 23.0. The number of benzene rings is 1. The summed E-state index contributed by atoms with van der Waals surface area (Å²) in [6.45, 7) is 4.14. The molecule has 0 aromatic heterocycles. The Hall–Kier alpha value is -1.96. The molecule has 0 bridgehead atoms. The SMILES string of the molecule is CC(C)c1ccc(N(N)C(=O)[C@@H](N)CC(=O)NN)cc1. The lowest BCUT2D eigenvalue weighted by Gasteiger charge is -2.21. The molecule has 110 valence electrons. The second-order valence-electron chi connectivity index (χ2n) is 4.83. The van der Waals surface area contributed by atoms with E-state index in [-0.39, 0.29) is 6.42 Å². The minimum Gasteiger partial charge on any atom is -0.319 e. The van der Waals surface area contributed by atoms with Gasteiger partial charge in [-0.15, -0.1) is 0 Å². The lowest BCUT2D eigenvalue weighted by atomic mass is 10.0. The maximum absolute atomic E-state index is 12.0. The highest BCUT2D eigenvalue weighted by molar-refractivity contribution is 5.98. The summed E-state index contributed by atoms with van der Waals surface area (Å²) in [7, 11) is 0. The van der Waals surface area contributed by atoms with Crippen LogP contribution in [0.4, 0.5) is 5.69 Å². The third-order valence-electron chi connectivity index (χ3n) is 2.96. The van der Waals surface area contributed by atoms with E-state index in [1.54, 1.807) is 12.1 Å². The number of nitrogens with one attached hydrogen (secondary N) is 1. The average molecular weight is 279 g/mol. The molecule has 0 aliphatic carbocycles. The second kappa shape index (κ2) is 6.99. The minimum absolute atomic E-state index is 0.215. The van der Waals surface area contributed by atoms with Gasteiger partial charge in [-0.2, -0.15) is 0 Å². The molecule has 1 atom stereocenters. The van der Waals surface area contributed by atoms with E-state index in [1.807, 2.05) is 17.6 Å². The van der Waals surface area contributed by atoms with Crippen molar-refractivity contribution >= 4 is 17.5 Å². The molecule has 0 saturated heterocycles. The Morgan fingerprint density at radius 1 is 1.25 bits per heavy atom. The molecule has 0 fully saturated rings. The minimum atomic E-state index is -1.03. The maximum atomic E-state index is 12.0.